The molecule has 0 saturated heterocycles. The van der Waals surface area contributed by atoms with E-state index in [9.17, 15) is 9.90 Å². The van der Waals surface area contributed by atoms with Gasteiger partial charge in [-0.15, -0.1) is 0 Å². The fraction of sp³-hybridized carbons (Fsp3) is 0.588. The molecule has 1 aromatic rings. The van der Waals surface area contributed by atoms with Crippen LogP contribution in [0, 0.1) is 0 Å². The minimum absolute atomic E-state index is 0.0475. The Balaban J connectivity index is 2.88. The van der Waals surface area contributed by atoms with Crippen molar-refractivity contribution in [1.82, 2.24) is 4.90 Å². The highest BCUT2D eigenvalue weighted by Crippen LogP contribution is 2.31. The van der Waals surface area contributed by atoms with Gasteiger partial charge in [-0.1, -0.05) is 6.07 Å². The van der Waals surface area contributed by atoms with Gasteiger partial charge in [0.25, 0.3) is 0 Å². The van der Waals surface area contributed by atoms with Crippen molar-refractivity contribution >= 4 is 5.91 Å². The van der Waals surface area contributed by atoms with Gasteiger partial charge in [-0.25, -0.2) is 0 Å². The molecule has 1 N–H and O–H groups in total. The topological polar surface area (TPSA) is 59.0 Å². The molecule has 0 fully saturated rings. The first-order valence-corrected chi connectivity index (χ1v) is 7.52. The SMILES string of the molecule is COc1ccc([C@@H](O)CC(=O)N(C(C)C)C(C)C)cc1OC. The van der Waals surface area contributed by atoms with Crippen LogP contribution in [0.1, 0.15) is 45.8 Å². The summed E-state index contributed by atoms with van der Waals surface area (Å²) in [5.41, 5.74) is 0.637. The first-order valence-electron chi connectivity index (χ1n) is 7.52. The molecule has 0 spiro atoms. The number of methoxy groups -OCH3 is 2. The van der Waals surface area contributed by atoms with Crippen molar-refractivity contribution in [3.05, 3.63) is 23.8 Å². The van der Waals surface area contributed by atoms with Crippen LogP contribution in [-0.4, -0.2) is 42.2 Å². The average molecular weight is 309 g/mol. The number of amides is 1. The van der Waals surface area contributed by atoms with Crippen LogP contribution in [0.15, 0.2) is 18.2 Å². The maximum atomic E-state index is 12.4. The van der Waals surface area contributed by atoms with E-state index < -0.39 is 6.10 Å². The smallest absolute Gasteiger partial charge is 0.225 e. The standard InChI is InChI=1S/C17H27NO4/c1-11(2)18(12(3)4)17(20)10-14(19)13-7-8-15(21-5)16(9-13)22-6/h7-9,11-12,14,19H,10H2,1-6H3/t14-/m0/s1. The van der Waals surface area contributed by atoms with E-state index in [0.29, 0.717) is 17.1 Å². The van der Waals surface area contributed by atoms with Crippen LogP contribution in [0.3, 0.4) is 0 Å². The van der Waals surface area contributed by atoms with Crippen molar-refractivity contribution in [1.29, 1.82) is 0 Å². The largest absolute Gasteiger partial charge is 0.493 e. The summed E-state index contributed by atoms with van der Waals surface area (Å²) in [7, 11) is 3.10. The van der Waals surface area contributed by atoms with E-state index in [0.717, 1.165) is 0 Å². The Kier molecular flexibility index (Phi) is 6.68. The monoisotopic (exact) mass is 309 g/mol. The quantitative estimate of drug-likeness (QED) is 0.841. The zero-order valence-electron chi connectivity index (χ0n) is 14.3. The van der Waals surface area contributed by atoms with E-state index in [1.54, 1.807) is 37.3 Å². The molecule has 0 unspecified atom stereocenters. The fourth-order valence-electron chi connectivity index (χ4n) is 2.62. The van der Waals surface area contributed by atoms with E-state index in [4.69, 9.17) is 9.47 Å². The van der Waals surface area contributed by atoms with Crippen LogP contribution in [0.25, 0.3) is 0 Å². The summed E-state index contributed by atoms with van der Waals surface area (Å²) in [5, 5.41) is 10.3. The maximum Gasteiger partial charge on any atom is 0.225 e. The summed E-state index contributed by atoms with van der Waals surface area (Å²) in [5.74, 6) is 1.07. The molecule has 5 nitrogen and oxygen atoms in total. The number of benzene rings is 1. The Bertz CT molecular complexity index is 491. The first kappa shape index (κ1) is 18.3. The van der Waals surface area contributed by atoms with Crippen molar-refractivity contribution < 1.29 is 19.4 Å². The van der Waals surface area contributed by atoms with Gasteiger partial charge in [0.1, 0.15) is 0 Å². The van der Waals surface area contributed by atoms with Crippen molar-refractivity contribution in [3.8, 4) is 11.5 Å². The normalized spacial score (nSPS) is 12.4. The molecule has 1 amide bonds. The summed E-state index contributed by atoms with van der Waals surface area (Å²) in [4.78, 5) is 14.2. The van der Waals surface area contributed by atoms with E-state index in [2.05, 4.69) is 0 Å². The molecule has 1 aromatic carbocycles. The minimum atomic E-state index is -0.868. The molecule has 0 saturated carbocycles. The molecule has 0 radical (unpaired) electrons. The molecule has 0 aromatic heterocycles. The number of nitrogens with zero attached hydrogens (tertiary/aromatic N) is 1. The molecule has 22 heavy (non-hydrogen) atoms. The number of aliphatic hydroxyl groups is 1. The van der Waals surface area contributed by atoms with Crippen LogP contribution in [0.2, 0.25) is 0 Å². The van der Waals surface area contributed by atoms with Crippen LogP contribution in [0.5, 0.6) is 11.5 Å². The Morgan fingerprint density at radius 2 is 1.64 bits per heavy atom. The van der Waals surface area contributed by atoms with Crippen LogP contribution in [-0.2, 0) is 4.79 Å². The first-order chi connectivity index (χ1) is 10.3. The third-order valence-electron chi connectivity index (χ3n) is 3.56. The molecular weight excluding hydrogens is 282 g/mol. The zero-order chi connectivity index (χ0) is 16.9. The van der Waals surface area contributed by atoms with Gasteiger partial charge in [0.2, 0.25) is 5.91 Å². The average Bonchev–Trinajstić information content (AvgIpc) is 2.45. The molecule has 1 atom stereocenters. The molecule has 5 heteroatoms. The van der Waals surface area contributed by atoms with Crippen molar-refractivity contribution in [2.24, 2.45) is 0 Å². The van der Waals surface area contributed by atoms with Gasteiger partial charge < -0.3 is 19.5 Å². The van der Waals surface area contributed by atoms with Gasteiger partial charge >= 0.3 is 0 Å². The number of hydrogen-bond acceptors (Lipinski definition) is 4. The molecule has 124 valence electrons. The summed E-state index contributed by atoms with van der Waals surface area (Å²) in [6.07, 6.45) is -0.821. The Morgan fingerprint density at radius 1 is 1.09 bits per heavy atom. The summed E-state index contributed by atoms with van der Waals surface area (Å²) in [6.45, 7) is 7.89. The fourth-order valence-corrected chi connectivity index (χ4v) is 2.62. The van der Waals surface area contributed by atoms with Crippen LogP contribution < -0.4 is 9.47 Å². The zero-order valence-corrected chi connectivity index (χ0v) is 14.3. The highest BCUT2D eigenvalue weighted by atomic mass is 16.5. The third kappa shape index (κ3) is 4.37. The second-order valence-corrected chi connectivity index (χ2v) is 5.82. The summed E-state index contributed by atoms with van der Waals surface area (Å²) < 4.78 is 10.4. The molecule has 0 aliphatic heterocycles. The van der Waals surface area contributed by atoms with Gasteiger partial charge in [0.15, 0.2) is 11.5 Å². The third-order valence-corrected chi connectivity index (χ3v) is 3.56. The lowest BCUT2D eigenvalue weighted by atomic mass is 10.0. The van der Waals surface area contributed by atoms with E-state index in [1.165, 1.54) is 0 Å². The second kappa shape index (κ2) is 8.03. The predicted octanol–water partition coefficient (Wildman–Crippen LogP) is 2.77. The number of aliphatic hydroxyl groups excluding tert-OH is 1. The van der Waals surface area contributed by atoms with E-state index >= 15 is 0 Å². The van der Waals surface area contributed by atoms with Gasteiger partial charge in [-0.05, 0) is 45.4 Å². The van der Waals surface area contributed by atoms with Gasteiger partial charge in [-0.3, -0.25) is 4.79 Å². The van der Waals surface area contributed by atoms with Crippen molar-refractivity contribution in [2.45, 2.75) is 52.3 Å². The molecule has 0 heterocycles. The maximum absolute atomic E-state index is 12.4. The number of hydrogen-bond donors (Lipinski definition) is 1. The molecule has 0 bridgehead atoms. The van der Waals surface area contributed by atoms with Crippen molar-refractivity contribution in [2.75, 3.05) is 14.2 Å². The lowest BCUT2D eigenvalue weighted by Gasteiger charge is -2.31. The van der Waals surface area contributed by atoms with E-state index in [1.807, 2.05) is 27.7 Å². The molecule has 1 rings (SSSR count). The molecule has 0 aliphatic carbocycles. The lowest BCUT2D eigenvalue weighted by molar-refractivity contribution is -0.136. The number of rotatable bonds is 7. The predicted molar refractivity (Wildman–Crippen MR) is 86.2 cm³/mol. The van der Waals surface area contributed by atoms with E-state index in [-0.39, 0.29) is 24.4 Å². The van der Waals surface area contributed by atoms with Crippen molar-refractivity contribution in [3.63, 3.8) is 0 Å². The number of carbonyl (C=O) groups is 1. The summed E-state index contributed by atoms with van der Waals surface area (Å²) >= 11 is 0. The Hall–Kier alpha value is -1.75. The lowest BCUT2D eigenvalue weighted by Crippen LogP contribution is -2.42. The van der Waals surface area contributed by atoms with Crippen LogP contribution in [0.4, 0.5) is 0 Å². The second-order valence-electron chi connectivity index (χ2n) is 5.82. The number of ether oxygens (including phenoxy) is 2. The molecular formula is C17H27NO4. The number of carbonyl (C=O) groups excluding carboxylic acids is 1. The minimum Gasteiger partial charge on any atom is -0.493 e. The van der Waals surface area contributed by atoms with Gasteiger partial charge in [0.05, 0.1) is 26.7 Å². The molecule has 0 aliphatic rings. The Morgan fingerprint density at radius 3 is 2.09 bits per heavy atom. The van der Waals surface area contributed by atoms with Gasteiger partial charge in [0, 0.05) is 12.1 Å². The Labute approximate surface area is 132 Å². The van der Waals surface area contributed by atoms with Gasteiger partial charge in [-0.2, -0.15) is 0 Å². The highest BCUT2D eigenvalue weighted by Gasteiger charge is 2.23. The highest BCUT2D eigenvalue weighted by molar-refractivity contribution is 5.77. The van der Waals surface area contributed by atoms with Crippen LogP contribution >= 0.6 is 0 Å². The summed E-state index contributed by atoms with van der Waals surface area (Å²) in [6, 6.07) is 5.38.